The third-order valence-electron chi connectivity index (χ3n) is 3.91. The smallest absolute Gasteiger partial charge is 0.246 e. The lowest BCUT2D eigenvalue weighted by Gasteiger charge is -2.37. The summed E-state index contributed by atoms with van der Waals surface area (Å²) in [5.74, 6) is 0.764. The van der Waals surface area contributed by atoms with E-state index in [1.165, 1.54) is 23.8 Å². The van der Waals surface area contributed by atoms with Gasteiger partial charge in [-0.1, -0.05) is 17.7 Å². The summed E-state index contributed by atoms with van der Waals surface area (Å²) in [5, 5.41) is 0.252. The van der Waals surface area contributed by atoms with E-state index in [1.54, 1.807) is 12.1 Å². The van der Waals surface area contributed by atoms with Gasteiger partial charge in [-0.15, -0.1) is 0 Å². The highest BCUT2D eigenvalue weighted by atomic mass is 35.5. The maximum Gasteiger partial charge on any atom is 0.246 e. The highest BCUT2D eigenvalue weighted by Crippen LogP contribution is 2.31. The summed E-state index contributed by atoms with van der Waals surface area (Å²) in [6.45, 7) is 2.96. The number of methoxy groups -OCH3 is 1. The average molecular weight is 384 g/mol. The van der Waals surface area contributed by atoms with Crippen LogP contribution in [0.5, 0.6) is 11.6 Å². The minimum atomic E-state index is -3.59. The largest absolute Gasteiger partial charge is 0.495 e. The molecule has 7 nitrogen and oxygen atoms in total. The number of ether oxygens (including phenoxy) is 2. The van der Waals surface area contributed by atoms with Crippen molar-refractivity contribution < 1.29 is 17.9 Å². The van der Waals surface area contributed by atoms with Crippen LogP contribution in [0.3, 0.4) is 0 Å². The van der Waals surface area contributed by atoms with Crippen LogP contribution in [0.25, 0.3) is 0 Å². The third-order valence-corrected chi connectivity index (χ3v) is 5.95. The number of aryl methyl sites for hydroxylation is 1. The normalized spacial score (nSPS) is 15.6. The Kier molecular flexibility index (Phi) is 5.12. The summed E-state index contributed by atoms with van der Waals surface area (Å²) in [6, 6.07) is 5.11. The molecule has 0 aliphatic carbocycles. The molecule has 1 saturated heterocycles. The zero-order valence-electron chi connectivity index (χ0n) is 13.8. The first-order valence-electron chi connectivity index (χ1n) is 7.65. The second-order valence-corrected chi connectivity index (χ2v) is 8.13. The van der Waals surface area contributed by atoms with Gasteiger partial charge in [-0.05, 0) is 24.6 Å². The molecule has 2 heterocycles. The maximum absolute atomic E-state index is 12.8. The molecular weight excluding hydrogens is 366 g/mol. The summed E-state index contributed by atoms with van der Waals surface area (Å²) in [5.41, 5.74) is 0.860. The van der Waals surface area contributed by atoms with Crippen LogP contribution in [0.2, 0.25) is 5.15 Å². The zero-order chi connectivity index (χ0) is 18.0. The van der Waals surface area contributed by atoms with Gasteiger partial charge < -0.3 is 9.47 Å². The molecule has 0 radical (unpaired) electrons. The van der Waals surface area contributed by atoms with Crippen LogP contribution in [0.1, 0.15) is 5.56 Å². The summed E-state index contributed by atoms with van der Waals surface area (Å²) < 4.78 is 37.7. The van der Waals surface area contributed by atoms with Crippen molar-refractivity contribution in [1.29, 1.82) is 0 Å². The second kappa shape index (κ2) is 7.15. The van der Waals surface area contributed by atoms with Crippen LogP contribution < -0.4 is 9.47 Å². The molecule has 1 aliphatic heterocycles. The molecule has 0 unspecified atom stereocenters. The van der Waals surface area contributed by atoms with E-state index in [2.05, 4.69) is 9.97 Å². The number of halogens is 1. The molecule has 0 bridgehead atoms. The van der Waals surface area contributed by atoms with Crippen LogP contribution in [0.4, 0.5) is 0 Å². The lowest BCUT2D eigenvalue weighted by atomic mass is 10.1. The van der Waals surface area contributed by atoms with Gasteiger partial charge in [0.05, 0.1) is 26.1 Å². The Bertz CT molecular complexity index is 869. The monoisotopic (exact) mass is 383 g/mol. The Hall–Kier alpha value is -1.90. The number of sulfonamides is 1. The number of benzene rings is 1. The van der Waals surface area contributed by atoms with Gasteiger partial charge in [-0.2, -0.15) is 9.29 Å². The van der Waals surface area contributed by atoms with E-state index in [1.807, 2.05) is 13.0 Å². The Morgan fingerprint density at radius 1 is 1.32 bits per heavy atom. The van der Waals surface area contributed by atoms with Crippen molar-refractivity contribution in [2.24, 2.45) is 5.92 Å². The first-order chi connectivity index (χ1) is 11.9. The second-order valence-electron chi connectivity index (χ2n) is 5.83. The van der Waals surface area contributed by atoms with Crippen molar-refractivity contribution in [2.75, 3.05) is 26.8 Å². The van der Waals surface area contributed by atoms with E-state index in [-0.39, 0.29) is 16.0 Å². The Morgan fingerprint density at radius 3 is 2.76 bits per heavy atom. The van der Waals surface area contributed by atoms with Crippen LogP contribution in [-0.4, -0.2) is 49.5 Å². The van der Waals surface area contributed by atoms with Gasteiger partial charge >= 0.3 is 0 Å². The third kappa shape index (κ3) is 3.86. The zero-order valence-corrected chi connectivity index (χ0v) is 15.4. The highest BCUT2D eigenvalue weighted by Gasteiger charge is 2.38. The Morgan fingerprint density at radius 2 is 2.08 bits per heavy atom. The number of rotatable bonds is 6. The summed E-state index contributed by atoms with van der Waals surface area (Å²) in [7, 11) is -2.13. The first-order valence-corrected chi connectivity index (χ1v) is 9.47. The van der Waals surface area contributed by atoms with E-state index >= 15 is 0 Å². The predicted molar refractivity (Wildman–Crippen MR) is 92.5 cm³/mol. The van der Waals surface area contributed by atoms with E-state index in [9.17, 15) is 8.42 Å². The van der Waals surface area contributed by atoms with Gasteiger partial charge in [0.1, 0.15) is 10.6 Å². The summed E-state index contributed by atoms with van der Waals surface area (Å²) >= 11 is 5.75. The molecule has 0 N–H and O–H groups in total. The molecule has 3 rings (SSSR count). The first kappa shape index (κ1) is 17.9. The highest BCUT2D eigenvalue weighted by molar-refractivity contribution is 7.89. The fourth-order valence-corrected chi connectivity index (χ4v) is 4.52. The van der Waals surface area contributed by atoms with Crippen LogP contribution in [0.15, 0.2) is 35.5 Å². The SMILES string of the molecule is COc1ccc(C)cc1S(=O)(=O)N1CC(COc2cncc(Cl)n2)C1. The molecular formula is C16H18ClN3O4S. The predicted octanol–water partition coefficient (Wildman–Crippen LogP) is 2.15. The van der Waals surface area contributed by atoms with Crippen molar-refractivity contribution in [2.45, 2.75) is 11.8 Å². The molecule has 2 aromatic rings. The van der Waals surface area contributed by atoms with Crippen LogP contribution in [0, 0.1) is 12.8 Å². The van der Waals surface area contributed by atoms with Gasteiger partial charge in [0, 0.05) is 19.0 Å². The molecule has 0 atom stereocenters. The van der Waals surface area contributed by atoms with Gasteiger partial charge in [0.15, 0.2) is 5.15 Å². The molecule has 1 fully saturated rings. The summed E-state index contributed by atoms with van der Waals surface area (Å²) in [6.07, 6.45) is 2.89. The minimum absolute atomic E-state index is 0.0892. The number of hydrogen-bond acceptors (Lipinski definition) is 6. The fraction of sp³-hybridized carbons (Fsp3) is 0.375. The van der Waals surface area contributed by atoms with Crippen molar-refractivity contribution in [1.82, 2.24) is 14.3 Å². The molecule has 1 aromatic heterocycles. The van der Waals surface area contributed by atoms with E-state index in [4.69, 9.17) is 21.1 Å². The summed E-state index contributed by atoms with van der Waals surface area (Å²) in [4.78, 5) is 8.06. The van der Waals surface area contributed by atoms with E-state index in [0.717, 1.165) is 5.56 Å². The van der Waals surface area contributed by atoms with Crippen molar-refractivity contribution >= 4 is 21.6 Å². The molecule has 0 spiro atoms. The molecule has 0 saturated carbocycles. The van der Waals surface area contributed by atoms with Gasteiger partial charge in [-0.3, -0.25) is 4.98 Å². The molecule has 0 amide bonds. The lowest BCUT2D eigenvalue weighted by molar-refractivity contribution is 0.126. The Balaban J connectivity index is 1.63. The topological polar surface area (TPSA) is 81.6 Å². The number of aromatic nitrogens is 2. The fourth-order valence-electron chi connectivity index (χ4n) is 2.55. The minimum Gasteiger partial charge on any atom is -0.495 e. The van der Waals surface area contributed by atoms with Gasteiger partial charge in [-0.25, -0.2) is 8.42 Å². The Labute approximate surface area is 151 Å². The van der Waals surface area contributed by atoms with Crippen molar-refractivity contribution in [3.05, 3.63) is 41.3 Å². The van der Waals surface area contributed by atoms with E-state index < -0.39 is 10.0 Å². The lowest BCUT2D eigenvalue weighted by Crippen LogP contribution is -2.51. The standard InChI is InChI=1S/C16H18ClN3O4S/c1-11-3-4-13(23-2)14(5-11)25(21,22)20-8-12(9-20)10-24-16-7-18-6-15(17)19-16/h3-7,12H,8-10H2,1-2H3. The average Bonchev–Trinajstić information content (AvgIpc) is 2.53. The molecule has 25 heavy (non-hydrogen) atoms. The number of nitrogens with zero attached hydrogens (tertiary/aromatic N) is 3. The van der Waals surface area contributed by atoms with Crippen molar-refractivity contribution in [3.63, 3.8) is 0 Å². The van der Waals surface area contributed by atoms with Crippen LogP contribution >= 0.6 is 11.6 Å². The molecule has 134 valence electrons. The van der Waals surface area contributed by atoms with Crippen molar-refractivity contribution in [3.8, 4) is 11.6 Å². The molecule has 1 aromatic carbocycles. The maximum atomic E-state index is 12.8. The van der Waals surface area contributed by atoms with Crippen LogP contribution in [-0.2, 0) is 10.0 Å². The number of hydrogen-bond donors (Lipinski definition) is 0. The molecule has 9 heteroatoms. The van der Waals surface area contributed by atoms with E-state index in [0.29, 0.717) is 31.3 Å². The van der Waals surface area contributed by atoms with Gasteiger partial charge in [0.25, 0.3) is 0 Å². The van der Waals surface area contributed by atoms with Gasteiger partial charge in [0.2, 0.25) is 15.9 Å². The molecule has 1 aliphatic rings. The quantitative estimate of drug-likeness (QED) is 0.760.